The molecular formula is C29H44ClN3O3S. The Morgan fingerprint density at radius 1 is 0.946 bits per heavy atom. The fraction of sp³-hybridized carbons (Fsp3) is 0.586. The molecule has 0 bridgehead atoms. The summed E-state index contributed by atoms with van der Waals surface area (Å²) in [5.74, 6) is 1.91. The van der Waals surface area contributed by atoms with E-state index in [2.05, 4.69) is 57.0 Å². The second-order valence-electron chi connectivity index (χ2n) is 10.4. The van der Waals surface area contributed by atoms with Gasteiger partial charge in [0.1, 0.15) is 5.75 Å². The maximum absolute atomic E-state index is 12.2. The molecule has 2 aliphatic rings. The van der Waals surface area contributed by atoms with E-state index in [9.17, 15) is 8.42 Å². The molecule has 1 saturated heterocycles. The molecule has 2 aromatic rings. The van der Waals surface area contributed by atoms with Crippen LogP contribution in [0.1, 0.15) is 51.9 Å². The SMILES string of the molecule is CCCCS(=O)(=O)N[C@H]1CC[C@H](CCN2CCN(c3ccc(-c4ccccc4)cc3OC)CC2)CC1.Cl. The number of halogens is 1. The highest BCUT2D eigenvalue weighted by Gasteiger charge is 2.26. The smallest absolute Gasteiger partial charge is 0.211 e. The lowest BCUT2D eigenvalue weighted by Gasteiger charge is -2.37. The van der Waals surface area contributed by atoms with Crippen LogP contribution in [0.15, 0.2) is 48.5 Å². The molecule has 1 aliphatic carbocycles. The summed E-state index contributed by atoms with van der Waals surface area (Å²) in [6, 6.07) is 17.1. The van der Waals surface area contributed by atoms with Crippen molar-refractivity contribution in [2.75, 3.05) is 50.5 Å². The number of unbranched alkanes of at least 4 members (excludes halogenated alkanes) is 1. The Balaban J connectivity index is 0.00000380. The van der Waals surface area contributed by atoms with Gasteiger partial charge >= 0.3 is 0 Å². The number of nitrogens with zero attached hydrogens (tertiary/aromatic N) is 2. The van der Waals surface area contributed by atoms with E-state index in [-0.39, 0.29) is 24.2 Å². The van der Waals surface area contributed by atoms with Crippen molar-refractivity contribution in [3.05, 3.63) is 48.5 Å². The fourth-order valence-corrected chi connectivity index (χ4v) is 7.07. The summed E-state index contributed by atoms with van der Waals surface area (Å²) in [6.07, 6.45) is 7.08. The van der Waals surface area contributed by atoms with Crippen molar-refractivity contribution in [1.29, 1.82) is 0 Å². The predicted octanol–water partition coefficient (Wildman–Crippen LogP) is 5.57. The van der Waals surface area contributed by atoms with Gasteiger partial charge in [-0.1, -0.05) is 49.7 Å². The Hall–Kier alpha value is -1.80. The maximum atomic E-state index is 12.2. The molecule has 2 fully saturated rings. The number of rotatable bonds is 11. The van der Waals surface area contributed by atoms with Crippen LogP contribution in [-0.2, 0) is 10.0 Å². The number of anilines is 1. The van der Waals surface area contributed by atoms with Crippen molar-refractivity contribution in [3.8, 4) is 16.9 Å². The number of hydrogen-bond acceptors (Lipinski definition) is 5. The van der Waals surface area contributed by atoms with E-state index < -0.39 is 10.0 Å². The van der Waals surface area contributed by atoms with Crippen molar-refractivity contribution < 1.29 is 13.2 Å². The zero-order valence-corrected chi connectivity index (χ0v) is 24.0. The summed E-state index contributed by atoms with van der Waals surface area (Å²) in [6.45, 7) is 7.31. The molecule has 1 aliphatic heterocycles. The Morgan fingerprint density at radius 3 is 2.30 bits per heavy atom. The lowest BCUT2D eigenvalue weighted by Crippen LogP contribution is -2.47. The van der Waals surface area contributed by atoms with Crippen molar-refractivity contribution in [2.24, 2.45) is 5.92 Å². The molecule has 8 heteroatoms. The number of methoxy groups -OCH3 is 1. The average Bonchev–Trinajstić information content (AvgIpc) is 2.92. The average molecular weight is 550 g/mol. The predicted molar refractivity (Wildman–Crippen MR) is 157 cm³/mol. The van der Waals surface area contributed by atoms with E-state index in [1.807, 2.05) is 13.0 Å². The van der Waals surface area contributed by atoms with E-state index in [0.29, 0.717) is 5.92 Å². The van der Waals surface area contributed by atoms with Crippen LogP contribution in [0.2, 0.25) is 0 Å². The summed E-state index contributed by atoms with van der Waals surface area (Å²) in [5.41, 5.74) is 3.56. The molecule has 0 aromatic heterocycles. The van der Waals surface area contributed by atoms with Gasteiger partial charge in [-0.25, -0.2) is 13.1 Å². The lowest BCUT2D eigenvalue weighted by atomic mass is 9.84. The summed E-state index contributed by atoms with van der Waals surface area (Å²) in [4.78, 5) is 5.03. The van der Waals surface area contributed by atoms with E-state index in [4.69, 9.17) is 4.74 Å². The van der Waals surface area contributed by atoms with Crippen molar-refractivity contribution in [2.45, 2.75) is 57.9 Å². The van der Waals surface area contributed by atoms with Crippen LogP contribution >= 0.6 is 12.4 Å². The number of nitrogens with one attached hydrogen (secondary N) is 1. The van der Waals surface area contributed by atoms with Gasteiger partial charge in [0.2, 0.25) is 10.0 Å². The minimum Gasteiger partial charge on any atom is -0.495 e. The normalized spacial score (nSPS) is 20.9. The van der Waals surface area contributed by atoms with Crippen LogP contribution in [0, 0.1) is 5.92 Å². The Labute approximate surface area is 230 Å². The standard InChI is InChI=1S/C29H43N3O3S.ClH/c1-3-4-22-36(33,34)30-27-13-10-24(11-14-27)16-17-31-18-20-32(21-19-31)28-15-12-26(23-29(28)35-2)25-8-6-5-7-9-25;/h5-9,12,15,23-24,27,30H,3-4,10-11,13-14,16-22H2,1-2H3;1H/t24-,27-;. The summed E-state index contributed by atoms with van der Waals surface area (Å²) >= 11 is 0. The van der Waals surface area contributed by atoms with Gasteiger partial charge in [0.25, 0.3) is 0 Å². The van der Waals surface area contributed by atoms with Gasteiger partial charge in [-0.2, -0.15) is 0 Å². The largest absolute Gasteiger partial charge is 0.495 e. The molecule has 4 rings (SSSR count). The monoisotopic (exact) mass is 549 g/mol. The highest BCUT2D eigenvalue weighted by molar-refractivity contribution is 7.89. The van der Waals surface area contributed by atoms with E-state index in [0.717, 1.165) is 77.0 Å². The topological polar surface area (TPSA) is 61.9 Å². The van der Waals surface area contributed by atoms with Crippen LogP contribution in [0.5, 0.6) is 5.75 Å². The quantitative estimate of drug-likeness (QED) is 0.397. The van der Waals surface area contributed by atoms with Crippen LogP contribution in [0.3, 0.4) is 0 Å². The Bertz CT molecular complexity index is 1050. The van der Waals surface area contributed by atoms with Crippen LogP contribution in [-0.4, -0.2) is 64.9 Å². The van der Waals surface area contributed by atoms with Gasteiger partial charge in [0.05, 0.1) is 18.6 Å². The molecule has 2 aromatic carbocycles. The minimum atomic E-state index is -3.11. The lowest BCUT2D eigenvalue weighted by molar-refractivity contribution is 0.214. The summed E-state index contributed by atoms with van der Waals surface area (Å²) in [5, 5.41) is 0. The van der Waals surface area contributed by atoms with Crippen molar-refractivity contribution in [3.63, 3.8) is 0 Å². The molecule has 37 heavy (non-hydrogen) atoms. The third kappa shape index (κ3) is 8.60. The molecule has 1 saturated carbocycles. The van der Waals surface area contributed by atoms with Gasteiger partial charge < -0.3 is 9.64 Å². The highest BCUT2D eigenvalue weighted by Crippen LogP contribution is 2.34. The Kier molecular flexibility index (Phi) is 11.6. The van der Waals surface area contributed by atoms with E-state index in [1.54, 1.807) is 7.11 Å². The third-order valence-electron chi connectivity index (χ3n) is 7.81. The minimum absolute atomic E-state index is 0. The second kappa shape index (κ2) is 14.4. The molecule has 0 unspecified atom stereocenters. The first-order valence-electron chi connectivity index (χ1n) is 13.7. The van der Waals surface area contributed by atoms with Crippen LogP contribution in [0.25, 0.3) is 11.1 Å². The molecule has 0 atom stereocenters. The van der Waals surface area contributed by atoms with Crippen LogP contribution < -0.4 is 14.4 Å². The number of ether oxygens (including phenoxy) is 1. The summed E-state index contributed by atoms with van der Waals surface area (Å²) in [7, 11) is -1.35. The first-order valence-corrected chi connectivity index (χ1v) is 15.3. The van der Waals surface area contributed by atoms with Gasteiger partial charge in [0.15, 0.2) is 0 Å². The molecule has 0 amide bonds. The van der Waals surface area contributed by atoms with Gasteiger partial charge in [-0.15, -0.1) is 12.4 Å². The van der Waals surface area contributed by atoms with Gasteiger partial charge in [-0.3, -0.25) is 4.90 Å². The zero-order valence-electron chi connectivity index (χ0n) is 22.4. The van der Waals surface area contributed by atoms with E-state index in [1.165, 1.54) is 23.2 Å². The fourth-order valence-electron chi connectivity index (χ4n) is 5.54. The molecule has 206 valence electrons. The molecule has 6 nitrogen and oxygen atoms in total. The highest BCUT2D eigenvalue weighted by atomic mass is 35.5. The van der Waals surface area contributed by atoms with E-state index >= 15 is 0 Å². The number of sulfonamides is 1. The number of piperazine rings is 1. The first-order chi connectivity index (χ1) is 17.5. The number of hydrogen-bond donors (Lipinski definition) is 1. The van der Waals surface area contributed by atoms with Crippen molar-refractivity contribution in [1.82, 2.24) is 9.62 Å². The Morgan fingerprint density at radius 2 is 1.65 bits per heavy atom. The van der Waals surface area contributed by atoms with Gasteiger partial charge in [0, 0.05) is 32.2 Å². The van der Waals surface area contributed by atoms with Crippen LogP contribution in [0.4, 0.5) is 5.69 Å². The first kappa shape index (κ1) is 29.8. The molecule has 1 N–H and O–H groups in total. The summed E-state index contributed by atoms with van der Waals surface area (Å²) < 4.78 is 33.1. The second-order valence-corrected chi connectivity index (χ2v) is 12.3. The van der Waals surface area contributed by atoms with Crippen molar-refractivity contribution >= 4 is 28.1 Å². The van der Waals surface area contributed by atoms with Gasteiger partial charge in [-0.05, 0) is 74.2 Å². The third-order valence-corrected chi connectivity index (χ3v) is 9.33. The molecule has 1 heterocycles. The zero-order chi connectivity index (χ0) is 25.4. The molecule has 0 radical (unpaired) electrons. The molecule has 0 spiro atoms. The number of benzene rings is 2. The molecular weight excluding hydrogens is 506 g/mol. The maximum Gasteiger partial charge on any atom is 0.211 e.